The molecule has 0 unspecified atom stereocenters. The molecule has 154 valence electrons. The number of benzene rings is 1. The highest BCUT2D eigenvalue weighted by atomic mass is 16.3. The van der Waals surface area contributed by atoms with Crippen LogP contribution in [-0.4, -0.2) is 61.7 Å². The molecule has 6 heteroatoms. The molecule has 4 rings (SSSR count). The molecule has 2 aromatic heterocycles. The summed E-state index contributed by atoms with van der Waals surface area (Å²) >= 11 is 0. The number of hydrogen-bond acceptors (Lipinski definition) is 5. The van der Waals surface area contributed by atoms with E-state index in [1.807, 2.05) is 13.0 Å². The number of fused-ring (bicyclic) bond motifs is 1. The summed E-state index contributed by atoms with van der Waals surface area (Å²) in [5, 5.41) is 9.62. The Kier molecular flexibility index (Phi) is 6.23. The number of aliphatic hydroxyl groups excluding tert-OH is 1. The number of pyridine rings is 1. The number of piperazine rings is 1. The van der Waals surface area contributed by atoms with Crippen molar-refractivity contribution >= 4 is 11.0 Å². The summed E-state index contributed by atoms with van der Waals surface area (Å²) in [7, 11) is 0. The lowest BCUT2D eigenvalue weighted by Crippen LogP contribution is -2.52. The highest BCUT2D eigenvalue weighted by molar-refractivity contribution is 5.75. The number of aliphatic hydroxyl groups is 1. The fourth-order valence-corrected chi connectivity index (χ4v) is 4.43. The molecule has 1 aliphatic heterocycles. The van der Waals surface area contributed by atoms with Crippen molar-refractivity contribution < 1.29 is 5.11 Å². The number of rotatable bonds is 7. The standard InChI is InChI=1S/C23H31N5O/c1-3-28-22-10-5-4-9-21(22)25-23(28)17-26-12-13-27(20(16-26)11-14-29)15-19-8-6-7-18(2)24-19/h4-10,20,29H,3,11-17H2,1-2H3/t20-/m0/s1. The molecule has 0 amide bonds. The van der Waals surface area contributed by atoms with Crippen LogP contribution in [0.3, 0.4) is 0 Å². The van der Waals surface area contributed by atoms with Gasteiger partial charge in [0.1, 0.15) is 5.82 Å². The summed E-state index contributed by atoms with van der Waals surface area (Å²) < 4.78 is 2.32. The van der Waals surface area contributed by atoms with E-state index < -0.39 is 0 Å². The van der Waals surface area contributed by atoms with Gasteiger partial charge in [0.2, 0.25) is 0 Å². The van der Waals surface area contributed by atoms with Gasteiger partial charge in [0.15, 0.2) is 0 Å². The molecule has 3 heterocycles. The van der Waals surface area contributed by atoms with Crippen molar-refractivity contribution in [3.8, 4) is 0 Å². The molecule has 1 aliphatic rings. The average molecular weight is 394 g/mol. The van der Waals surface area contributed by atoms with Crippen LogP contribution < -0.4 is 0 Å². The van der Waals surface area contributed by atoms with Crippen molar-refractivity contribution in [3.63, 3.8) is 0 Å². The number of aryl methyl sites for hydroxylation is 2. The first-order valence-electron chi connectivity index (χ1n) is 10.6. The van der Waals surface area contributed by atoms with Crippen molar-refractivity contribution in [2.45, 2.75) is 45.9 Å². The Hall–Kier alpha value is -2.28. The molecule has 1 saturated heterocycles. The third kappa shape index (κ3) is 4.50. The van der Waals surface area contributed by atoms with Crippen molar-refractivity contribution in [2.75, 3.05) is 26.2 Å². The molecule has 1 N–H and O–H groups in total. The first kappa shape index (κ1) is 20.0. The topological polar surface area (TPSA) is 57.4 Å². The van der Waals surface area contributed by atoms with Gasteiger partial charge in [-0.25, -0.2) is 4.98 Å². The van der Waals surface area contributed by atoms with Crippen molar-refractivity contribution in [2.24, 2.45) is 0 Å². The normalized spacial score (nSPS) is 18.5. The Morgan fingerprint density at radius 1 is 1.03 bits per heavy atom. The lowest BCUT2D eigenvalue weighted by molar-refractivity contribution is 0.0475. The maximum Gasteiger partial charge on any atom is 0.124 e. The maximum absolute atomic E-state index is 9.62. The Morgan fingerprint density at radius 3 is 2.69 bits per heavy atom. The van der Waals surface area contributed by atoms with Gasteiger partial charge in [-0.05, 0) is 44.5 Å². The van der Waals surface area contributed by atoms with Crippen LogP contribution in [0.25, 0.3) is 11.0 Å². The average Bonchev–Trinajstić information content (AvgIpc) is 3.07. The predicted molar refractivity (Wildman–Crippen MR) is 116 cm³/mol. The summed E-state index contributed by atoms with van der Waals surface area (Å²) in [5.41, 5.74) is 4.44. The molecule has 0 saturated carbocycles. The van der Waals surface area contributed by atoms with Gasteiger partial charge in [0, 0.05) is 51.1 Å². The molecule has 1 fully saturated rings. The van der Waals surface area contributed by atoms with Gasteiger partial charge >= 0.3 is 0 Å². The van der Waals surface area contributed by atoms with E-state index in [-0.39, 0.29) is 6.61 Å². The molecule has 0 spiro atoms. The molecular formula is C23H31N5O. The van der Waals surface area contributed by atoms with E-state index in [0.29, 0.717) is 6.04 Å². The van der Waals surface area contributed by atoms with Crippen molar-refractivity contribution in [1.29, 1.82) is 0 Å². The molecule has 0 aliphatic carbocycles. The van der Waals surface area contributed by atoms with Crippen LogP contribution in [0.2, 0.25) is 0 Å². The van der Waals surface area contributed by atoms with E-state index in [1.54, 1.807) is 0 Å². The first-order chi connectivity index (χ1) is 14.2. The Balaban J connectivity index is 1.47. The Bertz CT molecular complexity index is 953. The molecule has 3 aromatic rings. The zero-order valence-electron chi connectivity index (χ0n) is 17.5. The molecule has 29 heavy (non-hydrogen) atoms. The smallest absolute Gasteiger partial charge is 0.124 e. The molecule has 6 nitrogen and oxygen atoms in total. The fourth-order valence-electron chi connectivity index (χ4n) is 4.43. The van der Waals surface area contributed by atoms with Gasteiger partial charge < -0.3 is 9.67 Å². The zero-order valence-corrected chi connectivity index (χ0v) is 17.5. The predicted octanol–water partition coefficient (Wildman–Crippen LogP) is 2.83. The number of aromatic nitrogens is 3. The van der Waals surface area contributed by atoms with Gasteiger partial charge in [0.25, 0.3) is 0 Å². The van der Waals surface area contributed by atoms with Gasteiger partial charge in [-0.2, -0.15) is 0 Å². The Labute approximate surface area is 172 Å². The van der Waals surface area contributed by atoms with E-state index in [9.17, 15) is 5.11 Å². The molecule has 0 radical (unpaired) electrons. The second-order valence-corrected chi connectivity index (χ2v) is 7.90. The van der Waals surface area contributed by atoms with E-state index in [1.165, 1.54) is 5.52 Å². The number of imidazole rings is 1. The fraction of sp³-hybridized carbons (Fsp3) is 0.478. The first-order valence-corrected chi connectivity index (χ1v) is 10.6. The van der Waals surface area contributed by atoms with Crippen LogP contribution in [0.5, 0.6) is 0 Å². The Morgan fingerprint density at radius 2 is 1.90 bits per heavy atom. The zero-order chi connectivity index (χ0) is 20.2. The van der Waals surface area contributed by atoms with Crippen LogP contribution >= 0.6 is 0 Å². The SMILES string of the molecule is CCn1c(CN2CCN(Cc3cccc(C)n3)[C@@H](CCO)C2)nc2ccccc21. The van der Waals surface area contributed by atoms with Crippen LogP contribution in [0.15, 0.2) is 42.5 Å². The monoisotopic (exact) mass is 393 g/mol. The van der Waals surface area contributed by atoms with Crippen molar-refractivity contribution in [1.82, 2.24) is 24.3 Å². The highest BCUT2D eigenvalue weighted by Crippen LogP contribution is 2.21. The lowest BCUT2D eigenvalue weighted by atomic mass is 10.1. The number of hydrogen-bond donors (Lipinski definition) is 1. The molecule has 0 bridgehead atoms. The number of nitrogens with zero attached hydrogens (tertiary/aromatic N) is 5. The minimum atomic E-state index is 0.212. The molecule has 1 atom stereocenters. The molecule has 1 aromatic carbocycles. The van der Waals surface area contributed by atoms with E-state index >= 15 is 0 Å². The second kappa shape index (κ2) is 9.03. The van der Waals surface area contributed by atoms with Gasteiger partial charge in [-0.15, -0.1) is 0 Å². The minimum Gasteiger partial charge on any atom is -0.396 e. The van der Waals surface area contributed by atoms with E-state index in [4.69, 9.17) is 4.98 Å². The van der Waals surface area contributed by atoms with Crippen LogP contribution in [0.1, 0.15) is 30.6 Å². The van der Waals surface area contributed by atoms with Crippen LogP contribution in [-0.2, 0) is 19.6 Å². The van der Waals surface area contributed by atoms with Crippen LogP contribution in [0, 0.1) is 6.92 Å². The summed E-state index contributed by atoms with van der Waals surface area (Å²) in [6, 6.07) is 14.9. The quantitative estimate of drug-likeness (QED) is 0.669. The largest absolute Gasteiger partial charge is 0.396 e. The third-order valence-corrected chi connectivity index (χ3v) is 5.88. The van der Waals surface area contributed by atoms with E-state index in [0.717, 1.165) is 68.4 Å². The minimum absolute atomic E-state index is 0.212. The van der Waals surface area contributed by atoms with Crippen molar-refractivity contribution in [3.05, 3.63) is 59.7 Å². The molecular weight excluding hydrogens is 362 g/mol. The summed E-state index contributed by atoms with van der Waals surface area (Å²) in [5.74, 6) is 1.13. The lowest BCUT2D eigenvalue weighted by Gasteiger charge is -2.41. The highest BCUT2D eigenvalue weighted by Gasteiger charge is 2.28. The number of para-hydroxylation sites is 2. The summed E-state index contributed by atoms with van der Waals surface area (Å²) in [6.45, 7) is 9.96. The summed E-state index contributed by atoms with van der Waals surface area (Å²) in [6.07, 6.45) is 0.784. The van der Waals surface area contributed by atoms with E-state index in [2.05, 4.69) is 62.7 Å². The van der Waals surface area contributed by atoms with Gasteiger partial charge in [0.05, 0.1) is 23.3 Å². The third-order valence-electron chi connectivity index (χ3n) is 5.88. The maximum atomic E-state index is 9.62. The summed E-state index contributed by atoms with van der Waals surface area (Å²) in [4.78, 5) is 14.5. The van der Waals surface area contributed by atoms with Gasteiger partial charge in [-0.1, -0.05) is 18.2 Å². The second-order valence-electron chi connectivity index (χ2n) is 7.90. The van der Waals surface area contributed by atoms with Crippen LogP contribution in [0.4, 0.5) is 0 Å². The van der Waals surface area contributed by atoms with Gasteiger partial charge in [-0.3, -0.25) is 14.8 Å².